The lowest BCUT2D eigenvalue weighted by molar-refractivity contribution is -0.145. The van der Waals surface area contributed by atoms with Crippen molar-refractivity contribution in [3.63, 3.8) is 0 Å². The molecule has 0 aliphatic carbocycles. The van der Waals surface area contributed by atoms with Gasteiger partial charge in [-0.2, -0.15) is 0 Å². The van der Waals surface area contributed by atoms with Crippen molar-refractivity contribution in [1.29, 1.82) is 0 Å². The molecule has 7 heteroatoms. The highest BCUT2D eigenvalue weighted by Gasteiger charge is 2.31. The van der Waals surface area contributed by atoms with Crippen LogP contribution in [0.1, 0.15) is 13.8 Å². The van der Waals surface area contributed by atoms with Gasteiger partial charge in [0.15, 0.2) is 5.78 Å². The summed E-state index contributed by atoms with van der Waals surface area (Å²) in [4.78, 5) is 33.0. The number of carboxylic acids is 1. The van der Waals surface area contributed by atoms with Gasteiger partial charge in [-0.15, -0.1) is 0 Å². The molecule has 0 saturated carbocycles. The highest BCUT2D eigenvalue weighted by molar-refractivity contribution is 5.94. The number of halogens is 1. The Hall–Kier alpha value is -1.50. The summed E-state index contributed by atoms with van der Waals surface area (Å²) in [5.74, 6) is -4.17. The minimum absolute atomic E-state index is 0.695. The summed E-state index contributed by atoms with van der Waals surface area (Å²) < 4.78 is 12.2. The number of Topliss-reactive ketones (excluding diaryl/α,β-unsaturated/α-hetero) is 1. The second kappa shape index (κ2) is 6.16. The standard InChI is InChI=1S/C9H15FN2O4/c1-4(9(15)16)7(6(13)3-10)12-8(14)5(2)11/h4-5,7H,3,11H2,1-2H3,(H,12,14)(H,15,16)/t4?,5-,7-/m0/s1. The summed E-state index contributed by atoms with van der Waals surface area (Å²) in [5, 5.41) is 10.8. The summed E-state index contributed by atoms with van der Waals surface area (Å²) in [5.41, 5.74) is 5.24. The fraction of sp³-hybridized carbons (Fsp3) is 0.667. The number of ketones is 1. The maximum atomic E-state index is 12.2. The molecule has 0 heterocycles. The molecule has 6 nitrogen and oxygen atoms in total. The van der Waals surface area contributed by atoms with E-state index in [-0.39, 0.29) is 0 Å². The number of hydrogen-bond donors (Lipinski definition) is 3. The zero-order valence-corrected chi connectivity index (χ0v) is 9.07. The molecule has 0 aromatic heterocycles. The Morgan fingerprint density at radius 2 is 1.88 bits per heavy atom. The molecule has 0 spiro atoms. The molecule has 1 amide bonds. The minimum atomic E-state index is -1.39. The lowest BCUT2D eigenvalue weighted by Gasteiger charge is -2.20. The number of hydrogen-bond acceptors (Lipinski definition) is 4. The van der Waals surface area contributed by atoms with Gasteiger partial charge in [0, 0.05) is 0 Å². The van der Waals surface area contributed by atoms with Gasteiger partial charge in [0.2, 0.25) is 5.91 Å². The van der Waals surface area contributed by atoms with E-state index < -0.39 is 42.3 Å². The predicted molar refractivity (Wildman–Crippen MR) is 53.4 cm³/mol. The normalized spacial score (nSPS) is 16.0. The summed E-state index contributed by atoms with van der Waals surface area (Å²) in [6, 6.07) is -2.28. The van der Waals surface area contributed by atoms with Crippen LogP contribution in [-0.4, -0.2) is 41.5 Å². The van der Waals surface area contributed by atoms with Gasteiger partial charge in [0.05, 0.1) is 12.0 Å². The third-order valence-electron chi connectivity index (χ3n) is 2.08. The van der Waals surface area contributed by atoms with Gasteiger partial charge in [-0.3, -0.25) is 14.4 Å². The van der Waals surface area contributed by atoms with Crippen molar-refractivity contribution in [1.82, 2.24) is 5.32 Å². The smallest absolute Gasteiger partial charge is 0.308 e. The lowest BCUT2D eigenvalue weighted by Crippen LogP contribution is -2.52. The van der Waals surface area contributed by atoms with Crippen molar-refractivity contribution in [2.24, 2.45) is 11.7 Å². The maximum absolute atomic E-state index is 12.2. The van der Waals surface area contributed by atoms with Crippen molar-refractivity contribution < 1.29 is 23.9 Å². The highest BCUT2D eigenvalue weighted by Crippen LogP contribution is 2.05. The third kappa shape index (κ3) is 3.93. The zero-order valence-electron chi connectivity index (χ0n) is 9.07. The third-order valence-corrected chi connectivity index (χ3v) is 2.08. The molecule has 0 rings (SSSR count). The van der Waals surface area contributed by atoms with Crippen LogP contribution in [0.5, 0.6) is 0 Å². The van der Waals surface area contributed by atoms with Crippen LogP contribution in [0.15, 0.2) is 0 Å². The van der Waals surface area contributed by atoms with Crippen LogP contribution >= 0.6 is 0 Å². The molecule has 16 heavy (non-hydrogen) atoms. The van der Waals surface area contributed by atoms with Crippen LogP contribution < -0.4 is 11.1 Å². The molecule has 0 aromatic carbocycles. The number of amides is 1. The average Bonchev–Trinajstić information content (AvgIpc) is 2.23. The lowest BCUT2D eigenvalue weighted by atomic mass is 9.98. The van der Waals surface area contributed by atoms with Gasteiger partial charge in [-0.25, -0.2) is 4.39 Å². The molecule has 0 bridgehead atoms. The Morgan fingerprint density at radius 3 is 2.19 bits per heavy atom. The Kier molecular flexibility index (Phi) is 5.59. The van der Waals surface area contributed by atoms with E-state index in [2.05, 4.69) is 5.32 Å². The van der Waals surface area contributed by atoms with Crippen molar-refractivity contribution in [3.05, 3.63) is 0 Å². The molecule has 1 unspecified atom stereocenters. The number of rotatable bonds is 6. The minimum Gasteiger partial charge on any atom is -0.481 e. The van der Waals surface area contributed by atoms with Crippen LogP contribution in [-0.2, 0) is 14.4 Å². The summed E-state index contributed by atoms with van der Waals surface area (Å²) in [6.07, 6.45) is 0. The largest absolute Gasteiger partial charge is 0.481 e. The molecule has 3 atom stereocenters. The molecule has 0 fully saturated rings. The van der Waals surface area contributed by atoms with E-state index in [0.717, 1.165) is 0 Å². The fourth-order valence-electron chi connectivity index (χ4n) is 0.995. The molecule has 92 valence electrons. The Morgan fingerprint density at radius 1 is 1.38 bits per heavy atom. The van der Waals surface area contributed by atoms with E-state index >= 15 is 0 Å². The number of alkyl halides is 1. The van der Waals surface area contributed by atoms with E-state index in [1.54, 1.807) is 0 Å². The van der Waals surface area contributed by atoms with Gasteiger partial charge < -0.3 is 16.2 Å². The molecule has 0 aliphatic rings. The van der Waals surface area contributed by atoms with Gasteiger partial charge in [-0.1, -0.05) is 0 Å². The maximum Gasteiger partial charge on any atom is 0.308 e. The number of nitrogens with one attached hydrogen (secondary N) is 1. The molecular formula is C9H15FN2O4. The van der Waals surface area contributed by atoms with E-state index in [1.165, 1.54) is 13.8 Å². The number of carbonyl (C=O) groups is 3. The predicted octanol–water partition coefficient (Wildman–Crippen LogP) is -0.922. The fourth-order valence-corrected chi connectivity index (χ4v) is 0.995. The Labute approximate surface area is 92.0 Å². The van der Waals surface area contributed by atoms with Crippen LogP contribution in [0.25, 0.3) is 0 Å². The molecule has 0 radical (unpaired) electrons. The van der Waals surface area contributed by atoms with Crippen LogP contribution in [0.2, 0.25) is 0 Å². The topological polar surface area (TPSA) is 109 Å². The first-order valence-corrected chi connectivity index (χ1v) is 4.68. The van der Waals surface area contributed by atoms with E-state index in [0.29, 0.717) is 0 Å². The monoisotopic (exact) mass is 234 g/mol. The average molecular weight is 234 g/mol. The molecule has 0 aliphatic heterocycles. The van der Waals surface area contributed by atoms with Gasteiger partial charge >= 0.3 is 5.97 Å². The second-order valence-electron chi connectivity index (χ2n) is 3.50. The van der Waals surface area contributed by atoms with Gasteiger partial charge in [-0.05, 0) is 13.8 Å². The number of carbonyl (C=O) groups excluding carboxylic acids is 2. The van der Waals surface area contributed by atoms with Crippen molar-refractivity contribution >= 4 is 17.7 Å². The Bertz CT molecular complexity index is 293. The first-order chi connectivity index (χ1) is 7.31. The molecule has 0 aromatic rings. The van der Waals surface area contributed by atoms with Crippen molar-refractivity contribution in [2.45, 2.75) is 25.9 Å². The van der Waals surface area contributed by atoms with Crippen LogP contribution in [0, 0.1) is 5.92 Å². The first kappa shape index (κ1) is 14.5. The number of aliphatic carboxylic acids is 1. The summed E-state index contributed by atoms with van der Waals surface area (Å²) >= 11 is 0. The molecule has 4 N–H and O–H groups in total. The van der Waals surface area contributed by atoms with E-state index in [4.69, 9.17) is 10.8 Å². The van der Waals surface area contributed by atoms with Crippen LogP contribution in [0.3, 0.4) is 0 Å². The SMILES string of the molecule is CC(C(=O)O)[C@H](NC(=O)[C@H](C)N)C(=O)CF. The van der Waals surface area contributed by atoms with E-state index in [1.807, 2.05) is 0 Å². The highest BCUT2D eigenvalue weighted by atomic mass is 19.1. The molecular weight excluding hydrogens is 219 g/mol. The van der Waals surface area contributed by atoms with Crippen LogP contribution in [0.4, 0.5) is 4.39 Å². The summed E-state index contributed by atoms with van der Waals surface area (Å²) in [7, 11) is 0. The van der Waals surface area contributed by atoms with Crippen molar-refractivity contribution in [3.8, 4) is 0 Å². The second-order valence-corrected chi connectivity index (χ2v) is 3.50. The quantitative estimate of drug-likeness (QED) is 0.550. The Balaban J connectivity index is 4.75. The van der Waals surface area contributed by atoms with Gasteiger partial charge in [0.25, 0.3) is 0 Å². The van der Waals surface area contributed by atoms with Crippen molar-refractivity contribution in [2.75, 3.05) is 6.67 Å². The van der Waals surface area contributed by atoms with E-state index in [9.17, 15) is 18.8 Å². The zero-order chi connectivity index (χ0) is 12.9. The van der Waals surface area contributed by atoms with Gasteiger partial charge in [0.1, 0.15) is 12.7 Å². The summed E-state index contributed by atoms with van der Waals surface area (Å²) in [6.45, 7) is 1.25. The molecule has 0 saturated heterocycles. The number of nitrogens with two attached hydrogens (primary N) is 1. The first-order valence-electron chi connectivity index (χ1n) is 4.68. The number of carboxylic acid groups (broad SMARTS) is 1.